The average molecular weight is 266 g/mol. The molecule has 2 unspecified atom stereocenters. The van der Waals surface area contributed by atoms with Crippen molar-refractivity contribution in [2.24, 2.45) is 5.73 Å². The molecule has 3 fully saturated rings. The fourth-order valence-electron chi connectivity index (χ4n) is 3.36. The maximum Gasteiger partial charge on any atom is 0.321 e. The Balaban J connectivity index is 1.48. The highest BCUT2D eigenvalue weighted by atomic mass is 16.2. The number of nitrogens with two attached hydrogens (primary N) is 1. The number of nitrogens with one attached hydrogen (secondary N) is 2. The molecule has 1 saturated carbocycles. The number of nitrogens with zero attached hydrogens (tertiary/aromatic N) is 1. The van der Waals surface area contributed by atoms with Gasteiger partial charge in [0.05, 0.1) is 6.54 Å². The van der Waals surface area contributed by atoms with E-state index in [-0.39, 0.29) is 24.0 Å². The molecule has 6 nitrogen and oxygen atoms in total. The van der Waals surface area contributed by atoms with E-state index in [1.54, 1.807) is 0 Å². The van der Waals surface area contributed by atoms with E-state index in [0.717, 1.165) is 38.5 Å². The summed E-state index contributed by atoms with van der Waals surface area (Å²) >= 11 is 0. The number of amides is 3. The molecule has 6 heteroatoms. The van der Waals surface area contributed by atoms with Crippen LogP contribution in [0.3, 0.4) is 0 Å². The van der Waals surface area contributed by atoms with E-state index in [4.69, 9.17) is 5.73 Å². The molecule has 2 heterocycles. The standard InChI is InChI=1S/C13H22N4O2/c14-8-5-10-3-4-11(6-8)17(10)7-12(18)16-13(19)15-9-1-2-9/h8-11H,1-7,14H2,(H2,15,16,18,19). The van der Waals surface area contributed by atoms with Crippen LogP contribution in [0.15, 0.2) is 0 Å². The van der Waals surface area contributed by atoms with E-state index in [9.17, 15) is 9.59 Å². The minimum Gasteiger partial charge on any atom is -0.335 e. The van der Waals surface area contributed by atoms with Crippen LogP contribution < -0.4 is 16.4 Å². The van der Waals surface area contributed by atoms with Gasteiger partial charge in [-0.2, -0.15) is 0 Å². The number of fused-ring (bicyclic) bond motifs is 2. The van der Waals surface area contributed by atoms with Gasteiger partial charge in [0.2, 0.25) is 5.91 Å². The first-order chi connectivity index (χ1) is 9.11. The topological polar surface area (TPSA) is 87.5 Å². The number of rotatable bonds is 3. The number of urea groups is 1. The van der Waals surface area contributed by atoms with Crippen LogP contribution in [0.5, 0.6) is 0 Å². The lowest BCUT2D eigenvalue weighted by molar-refractivity contribution is -0.122. The monoisotopic (exact) mass is 266 g/mol. The summed E-state index contributed by atoms with van der Waals surface area (Å²) in [6.07, 6.45) is 6.24. The Morgan fingerprint density at radius 3 is 2.32 bits per heavy atom. The van der Waals surface area contributed by atoms with Gasteiger partial charge < -0.3 is 11.1 Å². The van der Waals surface area contributed by atoms with E-state index < -0.39 is 0 Å². The van der Waals surface area contributed by atoms with Gasteiger partial charge in [-0.1, -0.05) is 0 Å². The fraction of sp³-hybridized carbons (Fsp3) is 0.846. The second-order valence-corrected chi connectivity index (χ2v) is 6.08. The van der Waals surface area contributed by atoms with Crippen molar-refractivity contribution < 1.29 is 9.59 Å². The second-order valence-electron chi connectivity index (χ2n) is 6.08. The van der Waals surface area contributed by atoms with Gasteiger partial charge in [-0.05, 0) is 38.5 Å². The SMILES string of the molecule is NC1CC2CCC(C1)N2CC(=O)NC(=O)NC1CC1. The Morgan fingerprint density at radius 2 is 1.74 bits per heavy atom. The van der Waals surface area contributed by atoms with Crippen molar-refractivity contribution in [1.82, 2.24) is 15.5 Å². The van der Waals surface area contributed by atoms with Crippen molar-refractivity contribution in [2.75, 3.05) is 6.54 Å². The largest absolute Gasteiger partial charge is 0.335 e. The van der Waals surface area contributed by atoms with E-state index in [1.165, 1.54) is 0 Å². The highest BCUT2D eigenvalue weighted by Gasteiger charge is 2.40. The van der Waals surface area contributed by atoms with Crippen molar-refractivity contribution in [3.63, 3.8) is 0 Å². The molecule has 3 amide bonds. The Morgan fingerprint density at radius 1 is 1.11 bits per heavy atom. The summed E-state index contributed by atoms with van der Waals surface area (Å²) in [5.41, 5.74) is 6.00. The van der Waals surface area contributed by atoms with Crippen LogP contribution in [0.2, 0.25) is 0 Å². The van der Waals surface area contributed by atoms with Crippen LogP contribution in [-0.2, 0) is 4.79 Å². The van der Waals surface area contributed by atoms with Gasteiger partial charge in [0, 0.05) is 24.2 Å². The van der Waals surface area contributed by atoms with Crippen molar-refractivity contribution >= 4 is 11.9 Å². The maximum atomic E-state index is 11.9. The Hall–Kier alpha value is -1.14. The third kappa shape index (κ3) is 3.06. The van der Waals surface area contributed by atoms with Crippen molar-refractivity contribution in [2.45, 2.75) is 62.7 Å². The molecule has 2 saturated heterocycles. The molecular formula is C13H22N4O2. The molecular weight excluding hydrogens is 244 g/mol. The molecule has 1 aliphatic carbocycles. The highest BCUT2D eigenvalue weighted by Crippen LogP contribution is 2.34. The molecule has 2 atom stereocenters. The zero-order valence-electron chi connectivity index (χ0n) is 11.1. The van der Waals surface area contributed by atoms with Crippen LogP contribution in [-0.4, -0.2) is 47.6 Å². The van der Waals surface area contributed by atoms with Crippen LogP contribution in [0.1, 0.15) is 38.5 Å². The van der Waals surface area contributed by atoms with Gasteiger partial charge in [-0.3, -0.25) is 15.0 Å². The maximum absolute atomic E-state index is 11.9. The van der Waals surface area contributed by atoms with E-state index in [2.05, 4.69) is 15.5 Å². The van der Waals surface area contributed by atoms with Gasteiger partial charge in [0.1, 0.15) is 0 Å². The van der Waals surface area contributed by atoms with Crippen LogP contribution in [0, 0.1) is 0 Å². The lowest BCUT2D eigenvalue weighted by atomic mass is 9.98. The zero-order valence-corrected chi connectivity index (χ0v) is 11.1. The van der Waals surface area contributed by atoms with E-state index in [1.807, 2.05) is 0 Å². The van der Waals surface area contributed by atoms with Crippen LogP contribution in [0.25, 0.3) is 0 Å². The van der Waals surface area contributed by atoms with Crippen molar-refractivity contribution in [3.05, 3.63) is 0 Å². The molecule has 4 N–H and O–H groups in total. The first-order valence-corrected chi connectivity index (χ1v) is 7.23. The molecule has 0 radical (unpaired) electrons. The minimum absolute atomic E-state index is 0.203. The van der Waals surface area contributed by atoms with Gasteiger partial charge >= 0.3 is 6.03 Å². The van der Waals surface area contributed by atoms with E-state index in [0.29, 0.717) is 18.6 Å². The normalized spacial score (nSPS) is 34.1. The lowest BCUT2D eigenvalue weighted by Crippen LogP contribution is -2.52. The van der Waals surface area contributed by atoms with E-state index >= 15 is 0 Å². The number of carbonyl (C=O) groups is 2. The predicted octanol–water partition coefficient (Wildman–Crippen LogP) is -0.0713. The molecule has 2 aliphatic heterocycles. The van der Waals surface area contributed by atoms with Crippen LogP contribution >= 0.6 is 0 Å². The summed E-state index contributed by atoms with van der Waals surface area (Å²) in [5, 5.41) is 5.17. The van der Waals surface area contributed by atoms with Crippen molar-refractivity contribution in [1.29, 1.82) is 0 Å². The number of carbonyl (C=O) groups excluding carboxylic acids is 2. The molecule has 0 spiro atoms. The third-order valence-corrected chi connectivity index (χ3v) is 4.41. The second kappa shape index (κ2) is 5.09. The Labute approximate surface area is 113 Å². The van der Waals surface area contributed by atoms with Crippen LogP contribution in [0.4, 0.5) is 4.79 Å². The Bertz CT molecular complexity index is 369. The summed E-state index contributed by atoms with van der Waals surface area (Å²) in [7, 11) is 0. The fourth-order valence-corrected chi connectivity index (χ4v) is 3.36. The number of hydrogen-bond acceptors (Lipinski definition) is 4. The lowest BCUT2D eigenvalue weighted by Gasteiger charge is -2.37. The number of imide groups is 1. The molecule has 0 aromatic rings. The molecule has 106 valence electrons. The zero-order chi connectivity index (χ0) is 13.4. The van der Waals surface area contributed by atoms with Gasteiger partial charge in [-0.25, -0.2) is 4.79 Å². The van der Waals surface area contributed by atoms with Crippen molar-refractivity contribution in [3.8, 4) is 0 Å². The molecule has 3 aliphatic rings. The highest BCUT2D eigenvalue weighted by molar-refractivity contribution is 5.95. The summed E-state index contributed by atoms with van der Waals surface area (Å²) in [6, 6.07) is 1.04. The average Bonchev–Trinajstić information content (AvgIpc) is 3.09. The summed E-state index contributed by atoms with van der Waals surface area (Å²) < 4.78 is 0. The molecule has 3 rings (SSSR count). The van der Waals surface area contributed by atoms with Gasteiger partial charge in [0.15, 0.2) is 0 Å². The van der Waals surface area contributed by atoms with Gasteiger partial charge in [-0.15, -0.1) is 0 Å². The quantitative estimate of drug-likeness (QED) is 0.667. The minimum atomic E-state index is -0.353. The summed E-state index contributed by atoms with van der Waals surface area (Å²) in [5.74, 6) is -0.203. The number of piperidine rings is 1. The summed E-state index contributed by atoms with van der Waals surface area (Å²) in [4.78, 5) is 25.6. The molecule has 2 bridgehead atoms. The molecule has 0 aromatic carbocycles. The predicted molar refractivity (Wildman–Crippen MR) is 70.4 cm³/mol. The first-order valence-electron chi connectivity index (χ1n) is 7.23. The summed E-state index contributed by atoms with van der Waals surface area (Å²) in [6.45, 7) is 0.320. The Kier molecular flexibility index (Phi) is 3.45. The molecule has 19 heavy (non-hydrogen) atoms. The molecule has 0 aromatic heterocycles. The smallest absolute Gasteiger partial charge is 0.321 e. The first kappa shape index (κ1) is 12.9. The number of hydrogen-bond donors (Lipinski definition) is 3. The van der Waals surface area contributed by atoms with Gasteiger partial charge in [0.25, 0.3) is 0 Å². The third-order valence-electron chi connectivity index (χ3n) is 4.41.